The second-order valence-corrected chi connectivity index (χ2v) is 5.99. The number of hydrogen-bond acceptors (Lipinski definition) is 3. The van der Waals surface area contributed by atoms with E-state index >= 15 is 0 Å². The molecule has 22 heavy (non-hydrogen) atoms. The second kappa shape index (κ2) is 6.65. The van der Waals surface area contributed by atoms with Gasteiger partial charge in [0.25, 0.3) is 0 Å². The van der Waals surface area contributed by atoms with Gasteiger partial charge in [-0.05, 0) is 32.1 Å². The van der Waals surface area contributed by atoms with Gasteiger partial charge in [0.1, 0.15) is 5.60 Å². The van der Waals surface area contributed by atoms with Gasteiger partial charge < -0.3 is 9.30 Å². The lowest BCUT2D eigenvalue weighted by molar-refractivity contribution is -0.131. The van der Waals surface area contributed by atoms with Gasteiger partial charge in [-0.3, -0.25) is 4.79 Å². The average Bonchev–Trinajstić information content (AvgIpc) is 3.00. The third-order valence-electron chi connectivity index (χ3n) is 3.35. The quantitative estimate of drug-likeness (QED) is 0.768. The Morgan fingerprint density at radius 3 is 2.45 bits per heavy atom. The fourth-order valence-electron chi connectivity index (χ4n) is 1.85. The highest BCUT2D eigenvalue weighted by Gasteiger charge is 2.31. The van der Waals surface area contributed by atoms with Crippen molar-refractivity contribution >= 4 is 40.8 Å². The predicted molar refractivity (Wildman–Crippen MR) is 89.0 cm³/mol. The van der Waals surface area contributed by atoms with Crippen LogP contribution in [0.25, 0.3) is 11.8 Å². The van der Waals surface area contributed by atoms with Gasteiger partial charge >= 0.3 is 0 Å². The van der Waals surface area contributed by atoms with E-state index in [1.165, 1.54) is 7.11 Å². The standard InChI is InChI=1S/C16H16Cl2N2O2/c1-16(2,22-3)15(21)14(20-8-7-19-10-20)9-11-12(17)5-4-6-13(11)18/h4-10H,1-3H3. The first-order valence-electron chi connectivity index (χ1n) is 6.61. The Morgan fingerprint density at radius 2 is 1.95 bits per heavy atom. The van der Waals surface area contributed by atoms with Crippen molar-refractivity contribution < 1.29 is 9.53 Å². The highest BCUT2D eigenvalue weighted by molar-refractivity contribution is 6.38. The van der Waals surface area contributed by atoms with E-state index < -0.39 is 5.60 Å². The van der Waals surface area contributed by atoms with Crippen LogP contribution < -0.4 is 0 Å². The third kappa shape index (κ3) is 3.40. The molecule has 0 bridgehead atoms. The molecule has 0 saturated heterocycles. The molecule has 0 atom stereocenters. The maximum atomic E-state index is 12.8. The first-order chi connectivity index (χ1) is 10.4. The highest BCUT2D eigenvalue weighted by Crippen LogP contribution is 2.29. The number of nitrogens with zero attached hydrogens (tertiary/aromatic N) is 2. The number of ether oxygens (including phenoxy) is 1. The van der Waals surface area contributed by atoms with Gasteiger partial charge in [0.05, 0.1) is 12.0 Å². The number of hydrogen-bond donors (Lipinski definition) is 0. The highest BCUT2D eigenvalue weighted by atomic mass is 35.5. The minimum atomic E-state index is -0.982. The van der Waals surface area contributed by atoms with Gasteiger partial charge in [0.2, 0.25) is 5.78 Å². The molecule has 116 valence electrons. The molecule has 1 aromatic heterocycles. The van der Waals surface area contributed by atoms with Gasteiger partial charge in [-0.2, -0.15) is 0 Å². The lowest BCUT2D eigenvalue weighted by atomic mass is 9.99. The molecule has 0 unspecified atom stereocenters. The largest absolute Gasteiger partial charge is 0.371 e. The molecule has 1 aromatic carbocycles. The molecule has 0 amide bonds. The molecule has 0 aliphatic carbocycles. The zero-order valence-electron chi connectivity index (χ0n) is 12.5. The normalized spacial score (nSPS) is 12.5. The van der Waals surface area contributed by atoms with Crippen molar-refractivity contribution in [2.45, 2.75) is 19.4 Å². The Balaban J connectivity index is 2.60. The molecular weight excluding hydrogens is 323 g/mol. The van der Waals surface area contributed by atoms with Crippen LogP contribution in [0, 0.1) is 0 Å². The van der Waals surface area contributed by atoms with E-state index in [0.29, 0.717) is 21.3 Å². The second-order valence-electron chi connectivity index (χ2n) is 5.18. The molecule has 0 fully saturated rings. The fraction of sp³-hybridized carbons (Fsp3) is 0.250. The summed E-state index contributed by atoms with van der Waals surface area (Å²) in [6, 6.07) is 5.19. The summed E-state index contributed by atoms with van der Waals surface area (Å²) in [5.74, 6) is -0.205. The summed E-state index contributed by atoms with van der Waals surface area (Å²) in [6.45, 7) is 3.41. The van der Waals surface area contributed by atoms with Crippen molar-refractivity contribution in [1.29, 1.82) is 0 Å². The van der Waals surface area contributed by atoms with Crippen molar-refractivity contribution in [3.8, 4) is 0 Å². The number of carbonyl (C=O) groups is 1. The molecule has 4 nitrogen and oxygen atoms in total. The van der Waals surface area contributed by atoms with E-state index in [4.69, 9.17) is 27.9 Å². The predicted octanol–water partition coefficient (Wildman–Crippen LogP) is 4.18. The van der Waals surface area contributed by atoms with Gasteiger partial charge in [-0.15, -0.1) is 0 Å². The van der Waals surface area contributed by atoms with Crippen LogP contribution >= 0.6 is 23.2 Å². The van der Waals surface area contributed by atoms with Gasteiger partial charge in [0, 0.05) is 35.1 Å². The number of imidazole rings is 1. The van der Waals surface area contributed by atoms with Crippen molar-refractivity contribution in [1.82, 2.24) is 9.55 Å². The van der Waals surface area contributed by atoms with Crippen LogP contribution in [0.5, 0.6) is 0 Å². The molecule has 0 N–H and O–H groups in total. The molecule has 0 spiro atoms. The number of aromatic nitrogens is 2. The smallest absolute Gasteiger partial charge is 0.210 e. The maximum absolute atomic E-state index is 12.8. The molecule has 0 saturated carbocycles. The number of carbonyl (C=O) groups excluding carboxylic acids is 1. The average molecular weight is 339 g/mol. The number of halogens is 2. The third-order valence-corrected chi connectivity index (χ3v) is 4.01. The van der Waals surface area contributed by atoms with E-state index in [1.54, 1.807) is 61.4 Å². The zero-order valence-corrected chi connectivity index (χ0v) is 14.0. The number of rotatable bonds is 5. The summed E-state index contributed by atoms with van der Waals surface area (Å²) in [6.07, 6.45) is 6.46. The SMILES string of the molecule is COC(C)(C)C(=O)C(=Cc1c(Cl)cccc1Cl)n1ccnc1. The zero-order chi connectivity index (χ0) is 16.3. The number of benzene rings is 1. The summed E-state index contributed by atoms with van der Waals surface area (Å²) in [7, 11) is 1.49. The molecular formula is C16H16Cl2N2O2. The molecule has 0 radical (unpaired) electrons. The molecule has 6 heteroatoms. The van der Waals surface area contributed by atoms with E-state index in [-0.39, 0.29) is 5.78 Å². The van der Waals surface area contributed by atoms with Crippen LogP contribution in [-0.4, -0.2) is 28.0 Å². The van der Waals surface area contributed by atoms with Crippen molar-refractivity contribution in [2.75, 3.05) is 7.11 Å². The van der Waals surface area contributed by atoms with E-state index in [2.05, 4.69) is 4.98 Å². The minimum absolute atomic E-state index is 0.205. The lowest BCUT2D eigenvalue weighted by Crippen LogP contribution is -2.35. The number of ketones is 1. The van der Waals surface area contributed by atoms with Crippen LogP contribution in [0.2, 0.25) is 10.0 Å². The maximum Gasteiger partial charge on any atom is 0.210 e. The van der Waals surface area contributed by atoms with Crippen LogP contribution in [0.3, 0.4) is 0 Å². The minimum Gasteiger partial charge on any atom is -0.371 e. The van der Waals surface area contributed by atoms with Crippen LogP contribution in [0.1, 0.15) is 19.4 Å². The van der Waals surface area contributed by atoms with Crippen LogP contribution in [0.15, 0.2) is 36.9 Å². The Morgan fingerprint density at radius 1 is 1.32 bits per heavy atom. The number of methoxy groups -OCH3 is 1. The molecule has 2 rings (SSSR count). The Kier molecular flexibility index (Phi) is 5.06. The summed E-state index contributed by atoms with van der Waals surface area (Å²) in [5.41, 5.74) is -0.0294. The molecule has 0 aliphatic rings. The summed E-state index contributed by atoms with van der Waals surface area (Å²) >= 11 is 12.4. The summed E-state index contributed by atoms with van der Waals surface area (Å²) in [4.78, 5) is 16.8. The van der Waals surface area contributed by atoms with E-state index in [0.717, 1.165) is 0 Å². The first-order valence-corrected chi connectivity index (χ1v) is 7.36. The Labute approximate surface area is 139 Å². The fourth-order valence-corrected chi connectivity index (χ4v) is 2.35. The Bertz CT molecular complexity index is 687. The first kappa shape index (κ1) is 16.7. The van der Waals surface area contributed by atoms with Crippen LogP contribution in [0.4, 0.5) is 0 Å². The van der Waals surface area contributed by atoms with E-state index in [9.17, 15) is 4.79 Å². The van der Waals surface area contributed by atoms with Gasteiger partial charge in [0.15, 0.2) is 0 Å². The number of Topliss-reactive ketones (excluding diaryl/α,β-unsaturated/α-hetero) is 1. The van der Waals surface area contributed by atoms with Gasteiger partial charge in [-0.25, -0.2) is 4.98 Å². The molecule has 0 aliphatic heterocycles. The molecule has 2 aromatic rings. The van der Waals surface area contributed by atoms with E-state index in [1.807, 2.05) is 0 Å². The topological polar surface area (TPSA) is 44.1 Å². The van der Waals surface area contributed by atoms with Gasteiger partial charge in [-0.1, -0.05) is 29.3 Å². The lowest BCUT2D eigenvalue weighted by Gasteiger charge is -2.23. The molecule has 1 heterocycles. The van der Waals surface area contributed by atoms with Crippen molar-refractivity contribution in [3.05, 3.63) is 52.5 Å². The summed E-state index contributed by atoms with van der Waals surface area (Å²) in [5, 5.41) is 0.932. The Hall–Kier alpha value is -1.62. The van der Waals surface area contributed by atoms with Crippen molar-refractivity contribution in [2.24, 2.45) is 0 Å². The summed E-state index contributed by atoms with van der Waals surface area (Å²) < 4.78 is 6.90. The van der Waals surface area contributed by atoms with Crippen molar-refractivity contribution in [3.63, 3.8) is 0 Å². The van der Waals surface area contributed by atoms with Crippen LogP contribution in [-0.2, 0) is 9.53 Å². The monoisotopic (exact) mass is 338 g/mol.